The van der Waals surface area contributed by atoms with Crippen molar-refractivity contribution in [3.8, 4) is 11.6 Å². The number of hydrogen-bond donors (Lipinski definition) is 1. The lowest BCUT2D eigenvalue weighted by molar-refractivity contribution is 0.463. The zero-order valence-corrected chi connectivity index (χ0v) is 15.9. The minimum absolute atomic E-state index is 0.0195. The highest BCUT2D eigenvalue weighted by Crippen LogP contribution is 2.32. The summed E-state index contributed by atoms with van der Waals surface area (Å²) in [6.07, 6.45) is 4.38. The van der Waals surface area contributed by atoms with E-state index in [1.807, 2.05) is 0 Å². The molecule has 0 saturated heterocycles. The van der Waals surface area contributed by atoms with E-state index >= 15 is 0 Å². The van der Waals surface area contributed by atoms with Gasteiger partial charge in [-0.15, -0.1) is 0 Å². The highest BCUT2D eigenvalue weighted by atomic mass is 35.5. The molecule has 3 aromatic rings. The summed E-state index contributed by atoms with van der Waals surface area (Å²) in [7, 11) is -3.97. The van der Waals surface area contributed by atoms with Gasteiger partial charge in [0.1, 0.15) is 11.4 Å². The molecular weight excluding hydrogens is 421 g/mol. The van der Waals surface area contributed by atoms with Gasteiger partial charge < -0.3 is 4.74 Å². The van der Waals surface area contributed by atoms with Crippen LogP contribution in [0.3, 0.4) is 0 Å². The van der Waals surface area contributed by atoms with Gasteiger partial charge in [-0.3, -0.25) is 9.71 Å². The maximum atomic E-state index is 12.6. The third-order valence-electron chi connectivity index (χ3n) is 3.11. The summed E-state index contributed by atoms with van der Waals surface area (Å²) in [6.45, 7) is 0. The van der Waals surface area contributed by atoms with Crippen LogP contribution >= 0.6 is 34.8 Å². The number of anilines is 1. The monoisotopic (exact) mass is 429 g/mol. The first-order chi connectivity index (χ1) is 12.3. The fourth-order valence-corrected chi connectivity index (χ4v) is 3.54. The summed E-state index contributed by atoms with van der Waals surface area (Å²) in [5, 5.41) is 0.594. The molecule has 0 bridgehead atoms. The standard InChI is InChI=1S/C16H10Cl3N3O3S/c17-10-6-15(16(21-8-10)25-11-2-1-5-20-9-11)22-26(23,24)12-3-4-13(18)14(19)7-12/h1-9,22H. The van der Waals surface area contributed by atoms with Crippen LogP contribution in [0.2, 0.25) is 15.1 Å². The first-order valence-electron chi connectivity index (χ1n) is 7.06. The summed E-state index contributed by atoms with van der Waals surface area (Å²) in [4.78, 5) is 7.88. The maximum absolute atomic E-state index is 12.6. The minimum Gasteiger partial charge on any atom is -0.435 e. The minimum atomic E-state index is -3.97. The van der Waals surface area contributed by atoms with E-state index < -0.39 is 10.0 Å². The van der Waals surface area contributed by atoms with Gasteiger partial charge >= 0.3 is 0 Å². The average molecular weight is 431 g/mol. The van der Waals surface area contributed by atoms with Gasteiger partial charge in [0.15, 0.2) is 0 Å². The number of pyridine rings is 2. The third-order valence-corrected chi connectivity index (χ3v) is 5.42. The fourth-order valence-electron chi connectivity index (χ4n) is 1.95. The second-order valence-electron chi connectivity index (χ2n) is 4.98. The molecule has 0 spiro atoms. The molecule has 2 aromatic heterocycles. The Morgan fingerprint density at radius 1 is 1.00 bits per heavy atom. The smallest absolute Gasteiger partial charge is 0.262 e. The molecule has 0 radical (unpaired) electrons. The molecule has 1 aromatic carbocycles. The van der Waals surface area contributed by atoms with Crippen molar-refractivity contribution in [3.63, 3.8) is 0 Å². The van der Waals surface area contributed by atoms with Gasteiger partial charge in [0.2, 0.25) is 5.88 Å². The molecule has 1 N–H and O–H groups in total. The number of halogens is 3. The summed E-state index contributed by atoms with van der Waals surface area (Å²) in [6, 6.07) is 8.67. The van der Waals surface area contributed by atoms with Crippen LogP contribution in [-0.4, -0.2) is 18.4 Å². The molecule has 0 saturated carbocycles. The molecule has 0 fully saturated rings. The second-order valence-corrected chi connectivity index (χ2v) is 7.91. The molecule has 3 rings (SSSR count). The number of hydrogen-bond acceptors (Lipinski definition) is 5. The molecule has 6 nitrogen and oxygen atoms in total. The molecule has 10 heteroatoms. The second kappa shape index (κ2) is 7.67. The molecule has 0 amide bonds. The fraction of sp³-hybridized carbons (Fsp3) is 0. The topological polar surface area (TPSA) is 81.2 Å². The van der Waals surface area contributed by atoms with Gasteiger partial charge in [-0.05, 0) is 36.4 Å². The van der Waals surface area contributed by atoms with Crippen molar-refractivity contribution in [2.45, 2.75) is 4.90 Å². The molecule has 0 atom stereocenters. The number of nitrogens with zero attached hydrogens (tertiary/aromatic N) is 2. The highest BCUT2D eigenvalue weighted by molar-refractivity contribution is 7.92. The Labute approximate surface area is 164 Å². The van der Waals surface area contributed by atoms with E-state index in [1.54, 1.807) is 18.3 Å². The zero-order valence-electron chi connectivity index (χ0n) is 12.9. The third kappa shape index (κ3) is 4.37. The lowest BCUT2D eigenvalue weighted by atomic mass is 10.4. The highest BCUT2D eigenvalue weighted by Gasteiger charge is 2.19. The van der Waals surface area contributed by atoms with Crippen molar-refractivity contribution in [1.82, 2.24) is 9.97 Å². The zero-order chi connectivity index (χ0) is 18.7. The first kappa shape index (κ1) is 18.7. The Morgan fingerprint density at radius 2 is 1.81 bits per heavy atom. The van der Waals surface area contributed by atoms with Crippen LogP contribution in [0.1, 0.15) is 0 Å². The van der Waals surface area contributed by atoms with E-state index in [0.29, 0.717) is 5.75 Å². The van der Waals surface area contributed by atoms with Crippen molar-refractivity contribution in [3.05, 3.63) is 70.1 Å². The molecule has 134 valence electrons. The number of nitrogens with one attached hydrogen (secondary N) is 1. The van der Waals surface area contributed by atoms with Crippen LogP contribution in [0.4, 0.5) is 5.69 Å². The Balaban J connectivity index is 1.95. The number of ether oxygens (including phenoxy) is 1. The van der Waals surface area contributed by atoms with Crippen molar-refractivity contribution in [1.29, 1.82) is 0 Å². The molecule has 0 aliphatic carbocycles. The number of sulfonamides is 1. The Kier molecular flexibility index (Phi) is 5.52. The summed E-state index contributed by atoms with van der Waals surface area (Å²) in [5.41, 5.74) is 0.0624. The van der Waals surface area contributed by atoms with E-state index in [0.717, 1.165) is 0 Å². The Bertz CT molecular complexity index is 1050. The van der Waals surface area contributed by atoms with E-state index in [-0.39, 0.29) is 31.5 Å². The summed E-state index contributed by atoms with van der Waals surface area (Å²) < 4.78 is 33.2. The van der Waals surface area contributed by atoms with Gasteiger partial charge in [0, 0.05) is 12.4 Å². The van der Waals surface area contributed by atoms with Gasteiger partial charge in [0.25, 0.3) is 10.0 Å². The Hall–Kier alpha value is -2.06. The molecular formula is C16H10Cl3N3O3S. The van der Waals surface area contributed by atoms with Crippen LogP contribution < -0.4 is 9.46 Å². The quantitative estimate of drug-likeness (QED) is 0.614. The van der Waals surface area contributed by atoms with Crippen LogP contribution in [0.5, 0.6) is 11.6 Å². The largest absolute Gasteiger partial charge is 0.435 e. The molecule has 2 heterocycles. The van der Waals surface area contributed by atoms with Gasteiger partial charge in [-0.1, -0.05) is 34.8 Å². The lowest BCUT2D eigenvalue weighted by Gasteiger charge is -2.13. The number of aromatic nitrogens is 2. The van der Waals surface area contributed by atoms with Gasteiger partial charge in [-0.25, -0.2) is 13.4 Å². The van der Waals surface area contributed by atoms with E-state index in [9.17, 15) is 8.42 Å². The van der Waals surface area contributed by atoms with Crippen LogP contribution in [0.25, 0.3) is 0 Å². The van der Waals surface area contributed by atoms with E-state index in [1.165, 1.54) is 36.7 Å². The average Bonchev–Trinajstić information content (AvgIpc) is 2.60. The van der Waals surface area contributed by atoms with Crippen molar-refractivity contribution >= 4 is 50.5 Å². The van der Waals surface area contributed by atoms with Crippen LogP contribution in [-0.2, 0) is 10.0 Å². The SMILES string of the molecule is O=S(=O)(Nc1cc(Cl)cnc1Oc1cccnc1)c1ccc(Cl)c(Cl)c1. The predicted octanol–water partition coefficient (Wildman–Crippen LogP) is 5.03. The van der Waals surface area contributed by atoms with Crippen molar-refractivity contribution in [2.75, 3.05) is 4.72 Å². The van der Waals surface area contributed by atoms with Crippen molar-refractivity contribution in [2.24, 2.45) is 0 Å². The molecule has 26 heavy (non-hydrogen) atoms. The first-order valence-corrected chi connectivity index (χ1v) is 9.68. The van der Waals surface area contributed by atoms with Crippen LogP contribution in [0, 0.1) is 0 Å². The van der Waals surface area contributed by atoms with Crippen molar-refractivity contribution < 1.29 is 13.2 Å². The number of rotatable bonds is 5. The Morgan fingerprint density at radius 3 is 2.50 bits per heavy atom. The summed E-state index contributed by atoms with van der Waals surface area (Å²) >= 11 is 17.7. The van der Waals surface area contributed by atoms with Gasteiger partial charge in [0.05, 0.1) is 26.2 Å². The summed E-state index contributed by atoms with van der Waals surface area (Å²) in [5.74, 6) is 0.406. The van der Waals surface area contributed by atoms with Gasteiger partial charge in [-0.2, -0.15) is 0 Å². The predicted molar refractivity (Wildman–Crippen MR) is 101 cm³/mol. The van der Waals surface area contributed by atoms with E-state index in [4.69, 9.17) is 39.5 Å². The molecule has 0 unspecified atom stereocenters. The number of benzene rings is 1. The van der Waals surface area contributed by atoms with E-state index in [2.05, 4.69) is 14.7 Å². The van der Waals surface area contributed by atoms with Crippen LogP contribution in [0.15, 0.2) is 59.9 Å². The normalized spacial score (nSPS) is 11.2. The molecule has 0 aliphatic heterocycles. The maximum Gasteiger partial charge on any atom is 0.262 e. The molecule has 0 aliphatic rings. The lowest BCUT2D eigenvalue weighted by Crippen LogP contribution is -2.14.